The van der Waals surface area contributed by atoms with Gasteiger partial charge in [0.25, 0.3) is 5.56 Å². The average molecular weight is 407 g/mol. The Morgan fingerprint density at radius 3 is 2.60 bits per heavy atom. The van der Waals surface area contributed by atoms with Crippen LogP contribution >= 0.6 is 0 Å². The molecule has 0 spiro atoms. The number of hydrogen-bond acceptors (Lipinski definition) is 6. The summed E-state index contributed by atoms with van der Waals surface area (Å²) in [6, 6.07) is 7.60. The molecule has 0 saturated heterocycles. The summed E-state index contributed by atoms with van der Waals surface area (Å²) in [5.74, 6) is -1.35. The number of nitrogens with zero attached hydrogens (tertiary/aromatic N) is 1. The Kier molecular flexibility index (Phi) is 5.97. The number of benzene rings is 1. The summed E-state index contributed by atoms with van der Waals surface area (Å²) in [6.07, 6.45) is 1.11. The first kappa shape index (κ1) is 21.2. The van der Waals surface area contributed by atoms with Gasteiger partial charge in [-0.25, -0.2) is 4.79 Å². The van der Waals surface area contributed by atoms with E-state index in [9.17, 15) is 14.9 Å². The summed E-state index contributed by atoms with van der Waals surface area (Å²) < 4.78 is 10.9. The average Bonchev–Trinajstić information content (AvgIpc) is 2.69. The molecule has 0 aliphatic carbocycles. The number of esters is 1. The number of nitrogens with one attached hydrogen (secondary N) is 1. The number of nitriles is 1. The minimum Gasteiger partial charge on any atom is -0.463 e. The second kappa shape index (κ2) is 8.46. The fourth-order valence-corrected chi connectivity index (χ4v) is 3.68. The number of fused-ring (bicyclic) bond motifs is 1. The van der Waals surface area contributed by atoms with Gasteiger partial charge < -0.3 is 20.2 Å². The lowest BCUT2D eigenvalue weighted by molar-refractivity contribution is -0.139. The maximum absolute atomic E-state index is 13.0. The minimum atomic E-state index is -0.959. The molecule has 0 unspecified atom stereocenters. The molecular weight excluding hydrogens is 382 g/mol. The van der Waals surface area contributed by atoms with Gasteiger partial charge in [0.15, 0.2) is 0 Å². The van der Waals surface area contributed by atoms with Gasteiger partial charge in [0.1, 0.15) is 17.4 Å². The summed E-state index contributed by atoms with van der Waals surface area (Å²) in [7, 11) is 0. The van der Waals surface area contributed by atoms with Crippen LogP contribution < -0.4 is 11.3 Å². The van der Waals surface area contributed by atoms with E-state index < -0.39 is 17.4 Å². The van der Waals surface area contributed by atoms with E-state index in [1.165, 1.54) is 0 Å². The molecule has 2 heterocycles. The zero-order valence-corrected chi connectivity index (χ0v) is 17.6. The molecule has 30 heavy (non-hydrogen) atoms. The van der Waals surface area contributed by atoms with Crippen molar-refractivity contribution < 1.29 is 14.3 Å². The van der Waals surface area contributed by atoms with Crippen LogP contribution in [0.15, 0.2) is 45.8 Å². The van der Waals surface area contributed by atoms with Crippen molar-refractivity contribution in [1.29, 1.82) is 5.26 Å². The lowest BCUT2D eigenvalue weighted by atomic mass is 9.82. The van der Waals surface area contributed by atoms with Crippen LogP contribution in [0.1, 0.15) is 49.3 Å². The molecule has 1 aromatic carbocycles. The van der Waals surface area contributed by atoms with Crippen LogP contribution in [-0.4, -0.2) is 17.6 Å². The summed E-state index contributed by atoms with van der Waals surface area (Å²) in [4.78, 5) is 28.8. The van der Waals surface area contributed by atoms with Crippen LogP contribution in [0.4, 0.5) is 0 Å². The van der Waals surface area contributed by atoms with E-state index in [-0.39, 0.29) is 29.2 Å². The maximum atomic E-state index is 13.0. The normalized spacial score (nSPS) is 16.4. The number of rotatable bonds is 5. The Balaban J connectivity index is 2.32. The van der Waals surface area contributed by atoms with Crippen LogP contribution in [0.3, 0.4) is 0 Å². The molecule has 2 aromatic rings. The summed E-state index contributed by atoms with van der Waals surface area (Å²) >= 11 is 0. The highest BCUT2D eigenvalue weighted by molar-refractivity contribution is 5.93. The van der Waals surface area contributed by atoms with E-state index >= 15 is 0 Å². The number of nitrogens with two attached hydrogens (primary N) is 1. The van der Waals surface area contributed by atoms with Gasteiger partial charge in [-0.3, -0.25) is 4.79 Å². The Labute approximate surface area is 174 Å². The van der Waals surface area contributed by atoms with Gasteiger partial charge in [-0.15, -0.1) is 0 Å². The Bertz CT molecular complexity index is 1180. The van der Waals surface area contributed by atoms with Crippen molar-refractivity contribution in [3.63, 3.8) is 0 Å². The molecule has 1 aliphatic rings. The third-order valence-corrected chi connectivity index (χ3v) is 5.27. The standard InChI is InChI=1S/C23H25N3O4/c1-5-7-18-20(23(28)29-6-2)19(16(11-24)21(25)30-18)15-10-14-8-12(3)13(4)9-17(14)26-22(15)27/h8-10,19H,5-7,25H2,1-4H3,(H,26,27)/t19-/m1/s1. The van der Waals surface area contributed by atoms with Gasteiger partial charge in [-0.05, 0) is 61.9 Å². The van der Waals surface area contributed by atoms with Crippen LogP contribution in [-0.2, 0) is 14.3 Å². The quantitative estimate of drug-likeness (QED) is 0.732. The van der Waals surface area contributed by atoms with Gasteiger partial charge >= 0.3 is 5.97 Å². The third-order valence-electron chi connectivity index (χ3n) is 5.27. The topological polar surface area (TPSA) is 118 Å². The number of allylic oxidation sites excluding steroid dienone is 2. The number of aryl methyl sites for hydroxylation is 2. The molecule has 3 rings (SSSR count). The van der Waals surface area contributed by atoms with Crippen molar-refractivity contribution in [2.24, 2.45) is 5.73 Å². The predicted octanol–water partition coefficient (Wildman–Crippen LogP) is 3.57. The molecule has 3 N–H and O–H groups in total. The molecule has 1 aromatic heterocycles. The minimum absolute atomic E-state index is 0.0200. The second-order valence-electron chi connectivity index (χ2n) is 7.31. The number of hydrogen-bond donors (Lipinski definition) is 2. The molecule has 0 saturated carbocycles. The molecule has 0 amide bonds. The van der Waals surface area contributed by atoms with E-state index in [1.54, 1.807) is 13.0 Å². The number of carbonyl (C=O) groups excluding carboxylic acids is 1. The highest BCUT2D eigenvalue weighted by Gasteiger charge is 2.38. The second-order valence-corrected chi connectivity index (χ2v) is 7.31. The summed E-state index contributed by atoms with van der Waals surface area (Å²) in [6.45, 7) is 7.73. The molecular formula is C23H25N3O4. The number of H-pyrrole nitrogens is 1. The molecule has 0 fully saturated rings. The lowest BCUT2D eigenvalue weighted by Gasteiger charge is -2.27. The SMILES string of the molecule is CCCC1=C(C(=O)OCC)[C@H](c2cc3cc(C)c(C)cc3[nH]c2=O)C(C#N)=C(N)O1. The van der Waals surface area contributed by atoms with Gasteiger partial charge in [0, 0.05) is 17.5 Å². The van der Waals surface area contributed by atoms with Crippen molar-refractivity contribution in [1.82, 2.24) is 4.98 Å². The van der Waals surface area contributed by atoms with Gasteiger partial charge in [0.2, 0.25) is 5.88 Å². The number of aromatic amines is 1. The number of ether oxygens (including phenoxy) is 2. The van der Waals surface area contributed by atoms with Crippen LogP contribution in [0.25, 0.3) is 10.9 Å². The first-order valence-electron chi connectivity index (χ1n) is 9.94. The van der Waals surface area contributed by atoms with Gasteiger partial charge in [0.05, 0.1) is 18.1 Å². The molecule has 7 heteroatoms. The van der Waals surface area contributed by atoms with E-state index in [2.05, 4.69) is 4.98 Å². The van der Waals surface area contributed by atoms with Crippen molar-refractivity contribution in [2.45, 2.75) is 46.5 Å². The Morgan fingerprint density at radius 1 is 1.27 bits per heavy atom. The summed E-state index contributed by atoms with van der Waals surface area (Å²) in [5.41, 5.74) is 8.85. The fraction of sp³-hybridized carbons (Fsp3) is 0.348. The predicted molar refractivity (Wildman–Crippen MR) is 113 cm³/mol. The first-order valence-corrected chi connectivity index (χ1v) is 9.94. The molecule has 1 aliphatic heterocycles. The van der Waals surface area contributed by atoms with Gasteiger partial charge in [-0.1, -0.05) is 6.92 Å². The summed E-state index contributed by atoms with van der Waals surface area (Å²) in [5, 5.41) is 10.6. The first-order chi connectivity index (χ1) is 14.3. The third kappa shape index (κ3) is 3.69. The smallest absolute Gasteiger partial charge is 0.338 e. The highest BCUT2D eigenvalue weighted by Crippen LogP contribution is 2.40. The van der Waals surface area contributed by atoms with Crippen molar-refractivity contribution in [3.8, 4) is 6.07 Å². The molecule has 0 radical (unpaired) electrons. The Hall–Kier alpha value is -3.53. The zero-order chi connectivity index (χ0) is 22.0. The monoisotopic (exact) mass is 407 g/mol. The van der Waals surface area contributed by atoms with E-state index in [4.69, 9.17) is 15.2 Å². The van der Waals surface area contributed by atoms with E-state index in [0.717, 1.165) is 16.5 Å². The Morgan fingerprint density at radius 2 is 1.97 bits per heavy atom. The molecule has 1 atom stereocenters. The maximum Gasteiger partial charge on any atom is 0.338 e. The number of carbonyl (C=O) groups is 1. The lowest BCUT2D eigenvalue weighted by Crippen LogP contribution is -2.29. The zero-order valence-electron chi connectivity index (χ0n) is 17.6. The van der Waals surface area contributed by atoms with E-state index in [1.807, 2.05) is 39.0 Å². The van der Waals surface area contributed by atoms with Crippen LogP contribution in [0.5, 0.6) is 0 Å². The largest absolute Gasteiger partial charge is 0.463 e. The van der Waals surface area contributed by atoms with Crippen molar-refractivity contribution >= 4 is 16.9 Å². The van der Waals surface area contributed by atoms with Crippen molar-refractivity contribution in [3.05, 3.63) is 68.0 Å². The van der Waals surface area contributed by atoms with Gasteiger partial charge in [-0.2, -0.15) is 5.26 Å². The number of pyridine rings is 1. The highest BCUT2D eigenvalue weighted by atomic mass is 16.5. The van der Waals surface area contributed by atoms with Crippen LogP contribution in [0, 0.1) is 25.2 Å². The van der Waals surface area contributed by atoms with E-state index in [0.29, 0.717) is 24.1 Å². The van der Waals surface area contributed by atoms with Crippen molar-refractivity contribution in [2.75, 3.05) is 6.61 Å². The fourth-order valence-electron chi connectivity index (χ4n) is 3.68. The molecule has 156 valence electrons. The van der Waals surface area contributed by atoms with Crippen LogP contribution in [0.2, 0.25) is 0 Å². The molecule has 0 bridgehead atoms. The molecule has 7 nitrogen and oxygen atoms in total. The number of aromatic nitrogens is 1.